The number of aryl methyl sites for hydroxylation is 3. The highest BCUT2D eigenvalue weighted by Crippen LogP contribution is 2.41. The Hall–Kier alpha value is -5.42. The molecular weight excluding hydrogens is 789 g/mol. The van der Waals surface area contributed by atoms with Gasteiger partial charge < -0.3 is 26.2 Å². The molecule has 0 bridgehead atoms. The number of hydrogen-bond acceptors (Lipinski definition) is 12. The molecule has 3 amide bonds. The van der Waals surface area contributed by atoms with Crippen LogP contribution in [0.3, 0.4) is 0 Å². The molecule has 17 heteroatoms. The monoisotopic (exact) mass is 843 g/mol. The van der Waals surface area contributed by atoms with Crippen LogP contribution in [-0.4, -0.2) is 121 Å². The van der Waals surface area contributed by atoms with Crippen molar-refractivity contribution in [1.29, 1.82) is 0 Å². The number of nitrogens with two attached hydrogens (primary N) is 1. The van der Waals surface area contributed by atoms with Gasteiger partial charge >= 0.3 is 0 Å². The van der Waals surface area contributed by atoms with Crippen LogP contribution >= 0.6 is 11.3 Å². The van der Waals surface area contributed by atoms with E-state index in [9.17, 15) is 23.2 Å². The Labute approximate surface area is 354 Å². The molecule has 0 spiro atoms. The molecule has 2 fully saturated rings. The van der Waals surface area contributed by atoms with Crippen LogP contribution in [0.25, 0.3) is 5.57 Å². The number of carbonyl (C=O) groups excluding carboxylic acids is 3. The van der Waals surface area contributed by atoms with Crippen molar-refractivity contribution in [2.45, 2.75) is 71.4 Å². The summed E-state index contributed by atoms with van der Waals surface area (Å²) in [7, 11) is 1.59. The number of amidine groups is 1. The van der Waals surface area contributed by atoms with Crippen molar-refractivity contribution < 1.29 is 23.2 Å². The highest BCUT2D eigenvalue weighted by atomic mass is 32.1. The Bertz CT molecular complexity index is 2170. The topological polar surface area (TPSA) is 164 Å². The largest absolute Gasteiger partial charge is 0.404 e. The van der Waals surface area contributed by atoms with E-state index in [1.54, 1.807) is 32.3 Å². The van der Waals surface area contributed by atoms with Crippen LogP contribution in [0.5, 0.6) is 0 Å². The van der Waals surface area contributed by atoms with Crippen molar-refractivity contribution in [2.24, 2.45) is 21.7 Å². The van der Waals surface area contributed by atoms with E-state index in [0.29, 0.717) is 61.1 Å². The van der Waals surface area contributed by atoms with Crippen LogP contribution in [0.2, 0.25) is 0 Å². The fourth-order valence-corrected chi connectivity index (χ4v) is 9.60. The Kier molecular flexibility index (Phi) is 13.4. The van der Waals surface area contributed by atoms with Crippen molar-refractivity contribution in [1.82, 2.24) is 25.1 Å². The minimum Gasteiger partial charge on any atom is -0.404 e. The fourth-order valence-electron chi connectivity index (χ4n) is 8.94. The van der Waals surface area contributed by atoms with Crippen molar-refractivity contribution >= 4 is 63.2 Å². The number of aromatic nitrogens is 1. The predicted octanol–water partition coefficient (Wildman–Crippen LogP) is 5.26. The normalized spacial score (nSPS) is 20.0. The number of allylic oxidation sites excluding steroid dienone is 1. The molecule has 0 radical (unpaired) electrons. The number of hydrazone groups is 1. The Balaban J connectivity index is 0.953. The van der Waals surface area contributed by atoms with Crippen LogP contribution in [0, 0.1) is 19.8 Å². The van der Waals surface area contributed by atoms with Crippen LogP contribution in [0.15, 0.2) is 52.8 Å². The molecule has 5 N–H and O–H groups in total. The van der Waals surface area contributed by atoms with E-state index in [0.717, 1.165) is 78.4 Å². The molecule has 4 aliphatic heterocycles. The van der Waals surface area contributed by atoms with Gasteiger partial charge in [0.1, 0.15) is 5.84 Å². The molecule has 1 aromatic heterocycles. The van der Waals surface area contributed by atoms with Gasteiger partial charge in [-0.25, -0.2) is 13.8 Å². The minimum absolute atomic E-state index is 0.0179. The number of alkyl halides is 2. The van der Waals surface area contributed by atoms with E-state index in [4.69, 9.17) is 10.8 Å². The third-order valence-electron chi connectivity index (χ3n) is 11.9. The summed E-state index contributed by atoms with van der Waals surface area (Å²) >= 11 is 1.43. The second-order valence-electron chi connectivity index (χ2n) is 15.9. The van der Waals surface area contributed by atoms with Gasteiger partial charge in [-0.15, -0.1) is 11.3 Å². The van der Waals surface area contributed by atoms with E-state index in [1.165, 1.54) is 23.8 Å². The number of piperidine rings is 2. The number of aliphatic imine (C=N–C) groups is 1. The number of halogens is 2. The highest BCUT2D eigenvalue weighted by molar-refractivity contribution is 7.15. The van der Waals surface area contributed by atoms with Crippen molar-refractivity contribution in [3.8, 4) is 0 Å². The maximum Gasteiger partial charge on any atom is 0.264 e. The maximum atomic E-state index is 14.6. The smallest absolute Gasteiger partial charge is 0.264 e. The van der Waals surface area contributed by atoms with Crippen LogP contribution in [-0.2, 0) is 16.0 Å². The first-order valence-corrected chi connectivity index (χ1v) is 21.5. The summed E-state index contributed by atoms with van der Waals surface area (Å²) in [6.07, 6.45) is 5.81. The number of nitrogens with zero attached hydrogens (tertiary/aromatic N) is 7. The lowest BCUT2D eigenvalue weighted by atomic mass is 9.87. The lowest BCUT2D eigenvalue weighted by Gasteiger charge is -2.43. The Morgan fingerprint density at radius 2 is 1.85 bits per heavy atom. The van der Waals surface area contributed by atoms with Gasteiger partial charge in [0.15, 0.2) is 5.13 Å². The molecular formula is C43H55F2N11O3S. The average molecular weight is 844 g/mol. The molecule has 5 heterocycles. The molecule has 2 unspecified atom stereocenters. The van der Waals surface area contributed by atoms with Crippen LogP contribution in [0.4, 0.5) is 25.3 Å². The summed E-state index contributed by atoms with van der Waals surface area (Å²) < 4.78 is 29.3. The zero-order valence-corrected chi connectivity index (χ0v) is 35.5. The average Bonchev–Trinajstić information content (AvgIpc) is 3.83. The summed E-state index contributed by atoms with van der Waals surface area (Å²) in [5, 5.41) is 17.3. The number of hydrogen-bond donors (Lipinski definition) is 4. The molecule has 2 saturated heterocycles. The van der Waals surface area contributed by atoms with E-state index in [1.807, 2.05) is 36.9 Å². The molecule has 4 aliphatic rings. The van der Waals surface area contributed by atoms with Gasteiger partial charge in [-0.1, -0.05) is 0 Å². The molecule has 60 heavy (non-hydrogen) atoms. The second kappa shape index (κ2) is 18.9. The third kappa shape index (κ3) is 9.46. The number of benzene rings is 2. The van der Waals surface area contributed by atoms with Gasteiger partial charge in [-0.3, -0.25) is 34.6 Å². The van der Waals surface area contributed by atoms with E-state index < -0.39 is 6.43 Å². The first-order chi connectivity index (χ1) is 28.9. The van der Waals surface area contributed by atoms with Crippen molar-refractivity contribution in [3.05, 3.63) is 75.4 Å². The Morgan fingerprint density at radius 3 is 2.53 bits per heavy atom. The SMILES string of the molecule is CN=CC(=CN)c1cc2c(cc1C(F)F)N(C1=NN(C3CCN(CC(=O)NCCNc4ccc(C(=O)Nc5ncc(C)s5)c(C)c4)CC3)C3CCN(C(C)=O)CC13)CCC2. The number of likely N-dealkylation sites (tertiary alicyclic amines) is 2. The summed E-state index contributed by atoms with van der Waals surface area (Å²) in [5.41, 5.74) is 10.5. The molecule has 14 nitrogen and oxygen atoms in total. The summed E-state index contributed by atoms with van der Waals surface area (Å²) in [6.45, 7) is 9.98. The number of nitrogens with one attached hydrogen (secondary N) is 3. The van der Waals surface area contributed by atoms with E-state index in [-0.39, 0.29) is 41.3 Å². The first kappa shape index (κ1) is 42.7. The summed E-state index contributed by atoms with van der Waals surface area (Å²) in [6, 6.07) is 9.21. The molecule has 0 saturated carbocycles. The molecule has 3 aromatic rings. The predicted molar refractivity (Wildman–Crippen MR) is 234 cm³/mol. The number of rotatable bonds is 12. The van der Waals surface area contributed by atoms with Crippen LogP contribution in [0.1, 0.15) is 76.5 Å². The second-order valence-corrected chi connectivity index (χ2v) is 17.2. The molecule has 0 aliphatic carbocycles. The first-order valence-electron chi connectivity index (χ1n) is 20.7. The third-order valence-corrected chi connectivity index (χ3v) is 12.8. The summed E-state index contributed by atoms with van der Waals surface area (Å²) in [4.78, 5) is 53.8. The molecule has 2 atom stereocenters. The minimum atomic E-state index is -2.72. The van der Waals surface area contributed by atoms with Gasteiger partial charge in [-0.05, 0) is 93.0 Å². The molecule has 320 valence electrons. The molecule has 2 aromatic carbocycles. The zero-order valence-electron chi connectivity index (χ0n) is 34.7. The van der Waals surface area contributed by atoms with E-state index >= 15 is 0 Å². The molecule has 7 rings (SSSR count). The van der Waals surface area contributed by atoms with Gasteiger partial charge in [0.2, 0.25) is 11.8 Å². The zero-order chi connectivity index (χ0) is 42.5. The van der Waals surface area contributed by atoms with E-state index in [2.05, 4.69) is 40.7 Å². The standard InChI is InChI=1S/C43H55F2N11O3S/c1-26-18-31(7-8-33(26)42(59)51-43-50-22-27(2)60-43)48-12-13-49-39(58)25-53-15-9-32(10-16-53)56-37-11-17-54(28(3)57)24-36(37)41(52-56)55-14-5-6-29-19-34(30(21-46)23-47-4)35(40(44)45)20-38(29)55/h7-8,18-23,32,36-37,40,48H,5-6,9-17,24-25,46H2,1-4H3,(H,49,58)(H,50,51,59). The van der Waals surface area contributed by atoms with Gasteiger partial charge in [0, 0.05) is 117 Å². The summed E-state index contributed by atoms with van der Waals surface area (Å²) in [5.74, 6) is 0.543. The van der Waals surface area contributed by atoms with Crippen molar-refractivity contribution in [3.63, 3.8) is 0 Å². The lowest BCUT2D eigenvalue weighted by Crippen LogP contribution is -2.54. The Morgan fingerprint density at radius 1 is 1.05 bits per heavy atom. The van der Waals surface area contributed by atoms with Gasteiger partial charge in [0.25, 0.3) is 12.3 Å². The van der Waals surface area contributed by atoms with Crippen molar-refractivity contribution in [2.75, 3.05) is 74.9 Å². The number of thiazole rings is 1. The maximum absolute atomic E-state index is 14.6. The van der Waals surface area contributed by atoms with Gasteiger partial charge in [0.05, 0.1) is 18.5 Å². The lowest BCUT2D eigenvalue weighted by molar-refractivity contribution is -0.131. The quantitative estimate of drug-likeness (QED) is 0.141. The number of fused-ring (bicyclic) bond motifs is 2. The van der Waals surface area contributed by atoms with Crippen LogP contribution < -0.4 is 26.6 Å². The number of amides is 3. The fraction of sp³-hybridized carbons (Fsp3) is 0.488. The number of anilines is 3. The highest BCUT2D eigenvalue weighted by Gasteiger charge is 2.47. The number of carbonyl (C=O) groups is 3. The van der Waals surface area contributed by atoms with Gasteiger partial charge in [-0.2, -0.15) is 5.10 Å².